The van der Waals surface area contributed by atoms with Crippen LogP contribution in [-0.4, -0.2) is 0 Å². The topological polar surface area (TPSA) is 3.24 Å². The molecule has 0 aromatic heterocycles. The van der Waals surface area contributed by atoms with Gasteiger partial charge in [-0.15, -0.1) is 0 Å². The standard InChI is InChI=1S/C48H37N/c1-47(2)40-25-15-14-20-34(40)35-27-26-31(28-41(35)47)49(30-16-6-5-7-17-30)43-29-42-44(38-23-12-10-21-36(38)43)45-37-22-11-8-18-32(37)33-19-9-13-24-39(33)46(45)48(42,3)4/h5-29H,1-4H3. The van der Waals surface area contributed by atoms with Gasteiger partial charge in [-0.25, -0.2) is 0 Å². The molecule has 0 N–H and O–H groups in total. The molecule has 0 amide bonds. The van der Waals surface area contributed by atoms with Crippen LogP contribution in [0.2, 0.25) is 0 Å². The molecule has 1 heteroatoms. The van der Waals surface area contributed by atoms with E-state index in [2.05, 4.69) is 184 Å². The first-order valence-corrected chi connectivity index (χ1v) is 17.5. The highest BCUT2D eigenvalue weighted by molar-refractivity contribution is 6.22. The highest BCUT2D eigenvalue weighted by Crippen LogP contribution is 2.59. The molecule has 234 valence electrons. The molecule has 8 aromatic carbocycles. The highest BCUT2D eigenvalue weighted by Gasteiger charge is 2.41. The fourth-order valence-corrected chi connectivity index (χ4v) is 9.32. The Labute approximate surface area is 288 Å². The minimum absolute atomic E-state index is 0.0873. The molecule has 49 heavy (non-hydrogen) atoms. The van der Waals surface area contributed by atoms with Gasteiger partial charge in [0.2, 0.25) is 0 Å². The van der Waals surface area contributed by atoms with Crippen LogP contribution in [0.15, 0.2) is 152 Å². The third-order valence-corrected chi connectivity index (χ3v) is 11.6. The fourth-order valence-electron chi connectivity index (χ4n) is 9.32. The Morgan fingerprint density at radius 3 is 1.65 bits per heavy atom. The van der Waals surface area contributed by atoms with Crippen LogP contribution in [0.1, 0.15) is 49.9 Å². The maximum absolute atomic E-state index is 2.52. The van der Waals surface area contributed by atoms with Crippen LogP contribution in [0.4, 0.5) is 17.1 Å². The van der Waals surface area contributed by atoms with Crippen molar-refractivity contribution in [3.63, 3.8) is 0 Å². The quantitative estimate of drug-likeness (QED) is 0.176. The first-order chi connectivity index (χ1) is 23.9. The molecule has 0 radical (unpaired) electrons. The molecule has 0 atom stereocenters. The molecule has 0 spiro atoms. The van der Waals surface area contributed by atoms with Crippen LogP contribution in [0.5, 0.6) is 0 Å². The molecule has 0 bridgehead atoms. The van der Waals surface area contributed by atoms with Crippen molar-refractivity contribution in [3.05, 3.63) is 174 Å². The lowest BCUT2D eigenvalue weighted by Crippen LogP contribution is -2.18. The minimum atomic E-state index is -0.211. The maximum Gasteiger partial charge on any atom is 0.0543 e. The number of rotatable bonds is 3. The lowest BCUT2D eigenvalue weighted by Gasteiger charge is -2.31. The summed E-state index contributed by atoms with van der Waals surface area (Å²) >= 11 is 0. The molecule has 0 heterocycles. The fraction of sp³-hybridized carbons (Fsp3) is 0.125. The Morgan fingerprint density at radius 1 is 0.367 bits per heavy atom. The molecule has 0 unspecified atom stereocenters. The van der Waals surface area contributed by atoms with Gasteiger partial charge in [-0.2, -0.15) is 0 Å². The van der Waals surface area contributed by atoms with Crippen molar-refractivity contribution >= 4 is 49.4 Å². The van der Waals surface area contributed by atoms with E-state index >= 15 is 0 Å². The van der Waals surface area contributed by atoms with Crippen molar-refractivity contribution in [2.75, 3.05) is 4.90 Å². The minimum Gasteiger partial charge on any atom is -0.310 e. The first kappa shape index (κ1) is 28.4. The molecule has 2 aliphatic rings. The van der Waals surface area contributed by atoms with Gasteiger partial charge in [-0.1, -0.05) is 149 Å². The van der Waals surface area contributed by atoms with Crippen molar-refractivity contribution in [2.45, 2.75) is 38.5 Å². The summed E-state index contributed by atoms with van der Waals surface area (Å²) < 4.78 is 0. The van der Waals surface area contributed by atoms with E-state index in [1.165, 1.54) is 88.2 Å². The van der Waals surface area contributed by atoms with E-state index < -0.39 is 0 Å². The van der Waals surface area contributed by atoms with Gasteiger partial charge in [0.25, 0.3) is 0 Å². The van der Waals surface area contributed by atoms with Crippen LogP contribution in [-0.2, 0) is 10.8 Å². The van der Waals surface area contributed by atoms with Gasteiger partial charge in [0.15, 0.2) is 0 Å². The zero-order valence-electron chi connectivity index (χ0n) is 28.4. The summed E-state index contributed by atoms with van der Waals surface area (Å²) in [5, 5.41) is 7.90. The highest BCUT2D eigenvalue weighted by atomic mass is 15.1. The summed E-state index contributed by atoms with van der Waals surface area (Å²) in [4.78, 5) is 2.50. The summed E-state index contributed by atoms with van der Waals surface area (Å²) in [6.07, 6.45) is 0. The third kappa shape index (κ3) is 3.76. The average Bonchev–Trinajstić information content (AvgIpc) is 3.52. The molecule has 0 aliphatic heterocycles. The number of nitrogens with zero attached hydrogens (tertiary/aromatic N) is 1. The molecular formula is C48H37N. The molecule has 0 fully saturated rings. The van der Waals surface area contributed by atoms with Crippen molar-refractivity contribution in [3.8, 4) is 22.3 Å². The lowest BCUT2D eigenvalue weighted by atomic mass is 9.79. The van der Waals surface area contributed by atoms with E-state index in [0.717, 1.165) is 5.69 Å². The predicted molar refractivity (Wildman–Crippen MR) is 209 cm³/mol. The van der Waals surface area contributed by atoms with E-state index in [1.807, 2.05) is 0 Å². The maximum atomic E-state index is 2.52. The predicted octanol–water partition coefficient (Wildman–Crippen LogP) is 13.2. The zero-order chi connectivity index (χ0) is 33.1. The van der Waals surface area contributed by atoms with E-state index in [-0.39, 0.29) is 10.8 Å². The molecule has 8 aromatic rings. The van der Waals surface area contributed by atoms with Crippen LogP contribution < -0.4 is 4.90 Å². The van der Waals surface area contributed by atoms with E-state index in [0.29, 0.717) is 0 Å². The summed E-state index contributed by atoms with van der Waals surface area (Å²) in [6.45, 7) is 9.60. The summed E-state index contributed by atoms with van der Waals surface area (Å²) in [7, 11) is 0. The number of para-hydroxylation sites is 1. The monoisotopic (exact) mass is 627 g/mol. The SMILES string of the molecule is CC1(C)c2ccccc2-c2ccc(N(c3ccccc3)c3cc4c(c5ccccc35)-c3c(c5ccccc5c5ccccc35)C4(C)C)cc21. The van der Waals surface area contributed by atoms with E-state index in [9.17, 15) is 0 Å². The van der Waals surface area contributed by atoms with Gasteiger partial charge in [0.05, 0.1) is 5.69 Å². The molecule has 10 rings (SSSR count). The molecular weight excluding hydrogens is 591 g/mol. The van der Waals surface area contributed by atoms with Gasteiger partial charge in [0.1, 0.15) is 0 Å². The Bertz CT molecular complexity index is 2660. The Hall–Kier alpha value is -5.66. The molecule has 0 saturated heterocycles. The number of fused-ring (bicyclic) bond motifs is 13. The Kier molecular flexibility index (Phi) is 5.75. The Morgan fingerprint density at radius 2 is 0.918 bits per heavy atom. The number of hydrogen-bond donors (Lipinski definition) is 0. The normalized spacial score (nSPS) is 14.9. The summed E-state index contributed by atoms with van der Waals surface area (Å²) in [6, 6.07) is 56.5. The average molecular weight is 628 g/mol. The van der Waals surface area contributed by atoms with E-state index in [1.54, 1.807) is 0 Å². The van der Waals surface area contributed by atoms with Gasteiger partial charge in [-0.3, -0.25) is 0 Å². The second kappa shape index (κ2) is 9.94. The number of hydrogen-bond acceptors (Lipinski definition) is 1. The van der Waals surface area contributed by atoms with Crippen LogP contribution in [0.25, 0.3) is 54.6 Å². The second-order valence-corrected chi connectivity index (χ2v) is 14.9. The molecule has 2 aliphatic carbocycles. The second-order valence-electron chi connectivity index (χ2n) is 14.9. The summed E-state index contributed by atoms with van der Waals surface area (Å²) in [5.74, 6) is 0. The van der Waals surface area contributed by atoms with Gasteiger partial charge in [-0.05, 0) is 102 Å². The number of benzene rings is 8. The summed E-state index contributed by atoms with van der Waals surface area (Å²) in [5.41, 5.74) is 14.3. The van der Waals surface area contributed by atoms with Gasteiger partial charge < -0.3 is 4.90 Å². The lowest BCUT2D eigenvalue weighted by molar-refractivity contribution is 0.660. The first-order valence-electron chi connectivity index (χ1n) is 17.5. The Balaban J connectivity index is 1.29. The van der Waals surface area contributed by atoms with Crippen LogP contribution in [0, 0.1) is 0 Å². The largest absolute Gasteiger partial charge is 0.310 e. The third-order valence-electron chi connectivity index (χ3n) is 11.6. The molecule has 0 saturated carbocycles. The molecule has 1 nitrogen and oxygen atoms in total. The van der Waals surface area contributed by atoms with Gasteiger partial charge >= 0.3 is 0 Å². The van der Waals surface area contributed by atoms with Crippen molar-refractivity contribution in [1.29, 1.82) is 0 Å². The van der Waals surface area contributed by atoms with E-state index in [4.69, 9.17) is 0 Å². The van der Waals surface area contributed by atoms with Crippen molar-refractivity contribution in [2.24, 2.45) is 0 Å². The van der Waals surface area contributed by atoms with Crippen LogP contribution in [0.3, 0.4) is 0 Å². The smallest absolute Gasteiger partial charge is 0.0543 e. The van der Waals surface area contributed by atoms with Crippen molar-refractivity contribution in [1.82, 2.24) is 0 Å². The number of anilines is 3. The van der Waals surface area contributed by atoms with Gasteiger partial charge in [0, 0.05) is 27.6 Å². The van der Waals surface area contributed by atoms with Crippen LogP contribution >= 0.6 is 0 Å². The van der Waals surface area contributed by atoms with Crippen molar-refractivity contribution < 1.29 is 0 Å². The zero-order valence-corrected chi connectivity index (χ0v) is 28.4.